The molecular formula is C30H26ClN3O4S2. The molecule has 3 unspecified atom stereocenters. The molecule has 0 saturated carbocycles. The molecule has 7 nitrogen and oxygen atoms in total. The number of hydrogen-bond donors (Lipinski definition) is 3. The van der Waals surface area contributed by atoms with Crippen LogP contribution in [0.5, 0.6) is 0 Å². The normalized spacial score (nSPS) is 17.9. The van der Waals surface area contributed by atoms with Gasteiger partial charge in [0.2, 0.25) is 5.91 Å². The second-order valence-corrected chi connectivity index (χ2v) is 12.0. The van der Waals surface area contributed by atoms with E-state index in [4.69, 9.17) is 11.6 Å². The van der Waals surface area contributed by atoms with Crippen LogP contribution in [0.25, 0.3) is 0 Å². The van der Waals surface area contributed by atoms with Crippen LogP contribution < -0.4 is 15.5 Å². The molecule has 3 aromatic carbocycles. The standard InChI is InChI=1S/C30H26ClN3O4S2/c1-2-25(28(35)32-19-14-15-22(31)21(17-19)29(36)37)39-20-9-7-8-18(16-20)33-30(38)34-23-10-3-5-12-26(23)40-27-13-6-4-11-24(27)34/h3-17,23,25-26H,2H2,1H3,(H,32,35)(H,33,38)(H,36,37). The lowest BCUT2D eigenvalue weighted by atomic mass is 10.1. The van der Waals surface area contributed by atoms with Gasteiger partial charge in [-0.2, -0.15) is 0 Å². The maximum absolute atomic E-state index is 13.6. The number of halogens is 1. The zero-order valence-corrected chi connectivity index (χ0v) is 23.8. The van der Waals surface area contributed by atoms with Crippen LogP contribution in [0.1, 0.15) is 23.7 Å². The molecule has 0 aromatic heterocycles. The number of anilines is 3. The number of carbonyl (C=O) groups excluding carboxylic acids is 2. The number of nitrogens with one attached hydrogen (secondary N) is 2. The minimum atomic E-state index is -1.17. The number of carboxylic acid groups (broad SMARTS) is 1. The molecule has 5 rings (SSSR count). The Balaban J connectivity index is 1.29. The molecule has 1 heterocycles. The zero-order chi connectivity index (χ0) is 28.2. The first-order valence-electron chi connectivity index (χ1n) is 12.7. The van der Waals surface area contributed by atoms with Crippen molar-refractivity contribution >= 4 is 70.1 Å². The fourth-order valence-electron chi connectivity index (χ4n) is 4.53. The minimum absolute atomic E-state index is 0.0791. The lowest BCUT2D eigenvalue weighted by Gasteiger charge is -2.40. The number of amides is 3. The molecule has 1 aliphatic heterocycles. The summed E-state index contributed by atoms with van der Waals surface area (Å²) in [5.74, 6) is -1.43. The Labute approximate surface area is 245 Å². The van der Waals surface area contributed by atoms with Crippen LogP contribution in [0.2, 0.25) is 5.02 Å². The smallest absolute Gasteiger partial charge is 0.337 e. The SMILES string of the molecule is CCC(Sc1cccc(NC(=O)N2c3ccccc3SC3C=CC=CC32)c1)C(=O)Nc1ccc(Cl)c(C(=O)O)c1. The number of hydrogen-bond acceptors (Lipinski definition) is 5. The van der Waals surface area contributed by atoms with Gasteiger partial charge in [0.25, 0.3) is 0 Å². The molecule has 0 bridgehead atoms. The molecule has 204 valence electrons. The Morgan fingerprint density at radius 2 is 1.77 bits per heavy atom. The van der Waals surface area contributed by atoms with Crippen molar-refractivity contribution in [3.05, 3.63) is 102 Å². The summed E-state index contributed by atoms with van der Waals surface area (Å²) < 4.78 is 0. The summed E-state index contributed by atoms with van der Waals surface area (Å²) in [4.78, 5) is 41.7. The van der Waals surface area contributed by atoms with Gasteiger partial charge in [-0.3, -0.25) is 9.69 Å². The van der Waals surface area contributed by atoms with Gasteiger partial charge in [0.05, 0.1) is 32.8 Å². The van der Waals surface area contributed by atoms with Gasteiger partial charge >= 0.3 is 12.0 Å². The Bertz CT molecular complexity index is 1530. The maximum atomic E-state index is 13.6. The number of urea groups is 1. The molecule has 1 aliphatic carbocycles. The summed E-state index contributed by atoms with van der Waals surface area (Å²) in [6.07, 6.45) is 8.68. The average Bonchev–Trinajstić information content (AvgIpc) is 2.95. The van der Waals surface area contributed by atoms with Crippen molar-refractivity contribution in [2.24, 2.45) is 0 Å². The lowest BCUT2D eigenvalue weighted by molar-refractivity contribution is -0.115. The fourth-order valence-corrected chi connectivity index (χ4v) is 7.00. The third-order valence-corrected chi connectivity index (χ3v) is 9.45. The number of allylic oxidation sites excluding steroid dienone is 2. The van der Waals surface area contributed by atoms with E-state index in [-0.39, 0.29) is 33.8 Å². The van der Waals surface area contributed by atoms with Gasteiger partial charge in [-0.15, -0.1) is 23.5 Å². The van der Waals surface area contributed by atoms with Gasteiger partial charge in [0.15, 0.2) is 0 Å². The number of thioether (sulfide) groups is 2. The van der Waals surface area contributed by atoms with Gasteiger partial charge in [0.1, 0.15) is 0 Å². The summed E-state index contributed by atoms with van der Waals surface area (Å²) in [6.45, 7) is 1.90. The summed E-state index contributed by atoms with van der Waals surface area (Å²) in [5, 5.41) is 14.9. The fraction of sp³-hybridized carbons (Fsp3) is 0.167. The molecule has 3 atom stereocenters. The second-order valence-electron chi connectivity index (χ2n) is 9.14. The van der Waals surface area contributed by atoms with Crippen molar-refractivity contribution in [2.45, 2.75) is 39.7 Å². The summed E-state index contributed by atoms with van der Waals surface area (Å²) in [7, 11) is 0. The molecule has 0 spiro atoms. The molecule has 10 heteroatoms. The van der Waals surface area contributed by atoms with Gasteiger partial charge in [0, 0.05) is 21.2 Å². The van der Waals surface area contributed by atoms with E-state index in [1.807, 2.05) is 73.7 Å². The molecule has 3 aromatic rings. The van der Waals surface area contributed by atoms with Crippen LogP contribution in [-0.2, 0) is 4.79 Å². The number of fused-ring (bicyclic) bond motifs is 2. The topological polar surface area (TPSA) is 98.7 Å². The average molecular weight is 592 g/mol. The van der Waals surface area contributed by atoms with Crippen molar-refractivity contribution in [1.82, 2.24) is 0 Å². The van der Waals surface area contributed by atoms with E-state index in [9.17, 15) is 19.5 Å². The van der Waals surface area contributed by atoms with E-state index in [0.717, 1.165) is 15.5 Å². The summed E-state index contributed by atoms with van der Waals surface area (Å²) >= 11 is 9.07. The third kappa shape index (κ3) is 6.06. The summed E-state index contributed by atoms with van der Waals surface area (Å²) in [6, 6.07) is 19.3. The highest BCUT2D eigenvalue weighted by Gasteiger charge is 2.36. The Morgan fingerprint density at radius 1 is 1.00 bits per heavy atom. The number of rotatable bonds is 7. The summed E-state index contributed by atoms with van der Waals surface area (Å²) in [5.41, 5.74) is 1.77. The van der Waals surface area contributed by atoms with Gasteiger partial charge < -0.3 is 15.7 Å². The number of benzene rings is 3. The monoisotopic (exact) mass is 591 g/mol. The van der Waals surface area contributed by atoms with Crippen molar-refractivity contribution in [1.29, 1.82) is 0 Å². The molecule has 40 heavy (non-hydrogen) atoms. The second kappa shape index (κ2) is 12.2. The molecule has 0 radical (unpaired) electrons. The van der Waals surface area contributed by atoms with Gasteiger partial charge in [-0.1, -0.05) is 61.0 Å². The van der Waals surface area contributed by atoms with Gasteiger partial charge in [-0.05, 0) is 55.0 Å². The predicted octanol–water partition coefficient (Wildman–Crippen LogP) is 7.56. The molecule has 3 amide bonds. The molecule has 0 saturated heterocycles. The van der Waals surface area contributed by atoms with Crippen LogP contribution in [-0.4, -0.2) is 39.6 Å². The number of aromatic carboxylic acids is 1. The van der Waals surface area contributed by atoms with E-state index < -0.39 is 11.2 Å². The van der Waals surface area contributed by atoms with E-state index in [1.54, 1.807) is 22.7 Å². The van der Waals surface area contributed by atoms with Crippen molar-refractivity contribution in [3.63, 3.8) is 0 Å². The number of carboxylic acids is 1. The van der Waals surface area contributed by atoms with Crippen molar-refractivity contribution in [3.8, 4) is 0 Å². The van der Waals surface area contributed by atoms with E-state index in [0.29, 0.717) is 17.8 Å². The number of para-hydroxylation sites is 1. The van der Waals surface area contributed by atoms with Gasteiger partial charge in [-0.25, -0.2) is 9.59 Å². The minimum Gasteiger partial charge on any atom is -0.478 e. The lowest BCUT2D eigenvalue weighted by Crippen LogP contribution is -2.49. The van der Waals surface area contributed by atoms with Crippen molar-refractivity contribution < 1.29 is 19.5 Å². The highest BCUT2D eigenvalue weighted by molar-refractivity contribution is 8.00. The molecule has 2 aliphatic rings. The Hall–Kier alpha value is -3.66. The van der Waals surface area contributed by atoms with E-state index in [2.05, 4.69) is 16.7 Å². The number of nitrogens with zero attached hydrogens (tertiary/aromatic N) is 1. The zero-order valence-electron chi connectivity index (χ0n) is 21.4. The first kappa shape index (κ1) is 27.9. The Kier molecular flexibility index (Phi) is 8.54. The van der Waals surface area contributed by atoms with E-state index >= 15 is 0 Å². The molecule has 3 N–H and O–H groups in total. The number of carbonyl (C=O) groups is 3. The largest absolute Gasteiger partial charge is 0.478 e. The maximum Gasteiger partial charge on any atom is 0.337 e. The van der Waals surface area contributed by atoms with Crippen LogP contribution >= 0.6 is 35.1 Å². The first-order chi connectivity index (χ1) is 19.3. The van der Waals surface area contributed by atoms with Crippen LogP contribution in [0.4, 0.5) is 21.9 Å². The highest BCUT2D eigenvalue weighted by Crippen LogP contribution is 2.43. The Morgan fingerprint density at radius 3 is 2.58 bits per heavy atom. The van der Waals surface area contributed by atoms with Crippen LogP contribution in [0, 0.1) is 0 Å². The predicted molar refractivity (Wildman–Crippen MR) is 163 cm³/mol. The highest BCUT2D eigenvalue weighted by atomic mass is 35.5. The quantitative estimate of drug-likeness (QED) is 0.245. The van der Waals surface area contributed by atoms with E-state index in [1.165, 1.54) is 23.9 Å². The van der Waals surface area contributed by atoms with Crippen LogP contribution in [0.3, 0.4) is 0 Å². The van der Waals surface area contributed by atoms with Crippen LogP contribution in [0.15, 0.2) is 101 Å². The molecule has 0 fully saturated rings. The van der Waals surface area contributed by atoms with Crippen molar-refractivity contribution in [2.75, 3.05) is 15.5 Å². The molecular weight excluding hydrogens is 566 g/mol. The third-order valence-electron chi connectivity index (χ3n) is 6.45. The first-order valence-corrected chi connectivity index (χ1v) is 14.8.